The largest absolute Gasteiger partial charge is 0.397 e. The number of nitrogen functional groups attached to an aromatic ring is 1. The molecule has 0 aliphatic heterocycles. The van der Waals surface area contributed by atoms with Crippen molar-refractivity contribution in [3.63, 3.8) is 0 Å². The number of thiophene rings is 1. The molecule has 0 aromatic carbocycles. The monoisotopic (exact) mass is 193 g/mol. The first-order chi connectivity index (χ1) is 6.31. The van der Waals surface area contributed by atoms with Crippen molar-refractivity contribution < 1.29 is 4.79 Å². The standard InChI is InChI=1S/C8H7N3OS/c9-5-1-6-7(11-4-12)3-13-8(6)10-2-5/h1-4H,9H2,(H,11,12). The molecule has 5 heteroatoms. The van der Waals surface area contributed by atoms with Gasteiger partial charge < -0.3 is 11.1 Å². The molecular weight excluding hydrogens is 186 g/mol. The Morgan fingerprint density at radius 1 is 1.62 bits per heavy atom. The third kappa shape index (κ3) is 1.33. The second-order valence-corrected chi connectivity index (χ2v) is 3.39. The molecule has 3 N–H and O–H groups in total. The number of nitrogens with two attached hydrogens (primary N) is 1. The SMILES string of the molecule is Nc1cnc2scc(NC=O)c2c1. The van der Waals surface area contributed by atoms with Crippen LogP contribution in [0.15, 0.2) is 17.6 Å². The van der Waals surface area contributed by atoms with Gasteiger partial charge in [-0.05, 0) is 6.07 Å². The van der Waals surface area contributed by atoms with E-state index in [4.69, 9.17) is 5.73 Å². The van der Waals surface area contributed by atoms with Crippen LogP contribution in [-0.4, -0.2) is 11.4 Å². The quantitative estimate of drug-likeness (QED) is 0.709. The van der Waals surface area contributed by atoms with E-state index in [2.05, 4.69) is 10.3 Å². The highest BCUT2D eigenvalue weighted by Gasteiger charge is 2.03. The summed E-state index contributed by atoms with van der Waals surface area (Å²) in [4.78, 5) is 15.2. The number of nitrogens with one attached hydrogen (secondary N) is 1. The van der Waals surface area contributed by atoms with E-state index in [9.17, 15) is 4.79 Å². The molecule has 0 aliphatic rings. The van der Waals surface area contributed by atoms with Crippen LogP contribution < -0.4 is 11.1 Å². The number of hydrogen-bond donors (Lipinski definition) is 2. The van der Waals surface area contributed by atoms with E-state index in [0.29, 0.717) is 12.1 Å². The molecular formula is C8H7N3OS. The van der Waals surface area contributed by atoms with Gasteiger partial charge in [0.25, 0.3) is 0 Å². The van der Waals surface area contributed by atoms with Crippen LogP contribution in [0.5, 0.6) is 0 Å². The summed E-state index contributed by atoms with van der Waals surface area (Å²) in [5, 5.41) is 5.32. The smallest absolute Gasteiger partial charge is 0.211 e. The zero-order chi connectivity index (χ0) is 9.26. The minimum absolute atomic E-state index is 0.597. The van der Waals surface area contributed by atoms with Crippen LogP contribution in [-0.2, 0) is 4.79 Å². The van der Waals surface area contributed by atoms with E-state index in [1.54, 1.807) is 12.3 Å². The fourth-order valence-corrected chi connectivity index (χ4v) is 1.94. The van der Waals surface area contributed by atoms with Crippen LogP contribution in [0, 0.1) is 0 Å². The van der Waals surface area contributed by atoms with Crippen molar-refractivity contribution in [3.8, 4) is 0 Å². The molecule has 0 atom stereocenters. The molecule has 2 heterocycles. The van der Waals surface area contributed by atoms with E-state index in [0.717, 1.165) is 15.9 Å². The van der Waals surface area contributed by atoms with E-state index >= 15 is 0 Å². The fraction of sp³-hybridized carbons (Fsp3) is 0. The van der Waals surface area contributed by atoms with E-state index in [-0.39, 0.29) is 0 Å². The molecule has 4 nitrogen and oxygen atoms in total. The summed E-state index contributed by atoms with van der Waals surface area (Å²) < 4.78 is 0. The highest BCUT2D eigenvalue weighted by Crippen LogP contribution is 2.29. The molecule has 13 heavy (non-hydrogen) atoms. The molecule has 0 fully saturated rings. The van der Waals surface area contributed by atoms with Gasteiger partial charge in [-0.2, -0.15) is 0 Å². The molecule has 0 unspecified atom stereocenters. The summed E-state index contributed by atoms with van der Waals surface area (Å²) in [5.74, 6) is 0. The Kier molecular flexibility index (Phi) is 1.86. The van der Waals surface area contributed by atoms with Gasteiger partial charge in [-0.1, -0.05) is 0 Å². The number of rotatable bonds is 2. The highest BCUT2D eigenvalue weighted by molar-refractivity contribution is 7.17. The normalized spacial score (nSPS) is 10.2. The molecule has 0 saturated heterocycles. The number of carbonyl (C=O) groups is 1. The first kappa shape index (κ1) is 8.00. The number of aromatic nitrogens is 1. The van der Waals surface area contributed by atoms with Crippen molar-refractivity contribution in [3.05, 3.63) is 17.6 Å². The number of amides is 1. The van der Waals surface area contributed by atoms with E-state index in [1.165, 1.54) is 11.3 Å². The van der Waals surface area contributed by atoms with Crippen LogP contribution in [0.1, 0.15) is 0 Å². The molecule has 2 rings (SSSR count). The summed E-state index contributed by atoms with van der Waals surface area (Å²) in [6.07, 6.45) is 2.24. The third-order valence-corrected chi connectivity index (χ3v) is 2.57. The van der Waals surface area contributed by atoms with Crippen molar-refractivity contribution in [1.82, 2.24) is 4.98 Å². The Morgan fingerprint density at radius 3 is 3.23 bits per heavy atom. The van der Waals surface area contributed by atoms with Gasteiger partial charge in [0.05, 0.1) is 17.6 Å². The van der Waals surface area contributed by atoms with Crippen molar-refractivity contribution in [2.75, 3.05) is 11.1 Å². The first-order valence-electron chi connectivity index (χ1n) is 3.64. The minimum Gasteiger partial charge on any atom is -0.397 e. The molecule has 0 spiro atoms. The molecule has 2 aromatic rings. The fourth-order valence-electron chi connectivity index (χ4n) is 1.11. The Bertz CT molecular complexity index is 452. The zero-order valence-electron chi connectivity index (χ0n) is 6.65. The van der Waals surface area contributed by atoms with Gasteiger partial charge in [0, 0.05) is 10.8 Å². The molecule has 0 bridgehead atoms. The summed E-state index contributed by atoms with van der Waals surface area (Å²) >= 11 is 1.47. The van der Waals surface area contributed by atoms with Gasteiger partial charge >= 0.3 is 0 Å². The summed E-state index contributed by atoms with van der Waals surface area (Å²) in [6, 6.07) is 1.80. The molecule has 0 aliphatic carbocycles. The number of hydrogen-bond acceptors (Lipinski definition) is 4. The lowest BCUT2D eigenvalue weighted by Crippen LogP contribution is -1.92. The van der Waals surface area contributed by atoms with Crippen molar-refractivity contribution in [2.24, 2.45) is 0 Å². The van der Waals surface area contributed by atoms with Gasteiger partial charge in [0.1, 0.15) is 4.83 Å². The van der Waals surface area contributed by atoms with Crippen LogP contribution >= 0.6 is 11.3 Å². The van der Waals surface area contributed by atoms with Gasteiger partial charge in [-0.25, -0.2) is 4.98 Å². The predicted molar refractivity (Wildman–Crippen MR) is 53.7 cm³/mol. The number of carbonyl (C=O) groups excluding carboxylic acids is 1. The number of anilines is 2. The average molecular weight is 193 g/mol. The lowest BCUT2D eigenvalue weighted by atomic mass is 10.3. The predicted octanol–water partition coefficient (Wildman–Crippen LogP) is 1.45. The zero-order valence-corrected chi connectivity index (χ0v) is 7.47. The molecule has 2 aromatic heterocycles. The number of fused-ring (bicyclic) bond motifs is 1. The number of pyridine rings is 1. The first-order valence-corrected chi connectivity index (χ1v) is 4.52. The van der Waals surface area contributed by atoms with Gasteiger partial charge in [-0.3, -0.25) is 4.79 Å². The Hall–Kier alpha value is -1.62. The second-order valence-electron chi connectivity index (χ2n) is 2.53. The number of nitrogens with zero attached hydrogens (tertiary/aromatic N) is 1. The lowest BCUT2D eigenvalue weighted by molar-refractivity contribution is -0.105. The molecule has 66 valence electrons. The Labute approximate surface area is 78.4 Å². The maximum absolute atomic E-state index is 10.2. The average Bonchev–Trinajstić information content (AvgIpc) is 2.49. The highest BCUT2D eigenvalue weighted by atomic mass is 32.1. The molecule has 0 radical (unpaired) electrons. The Balaban J connectivity index is 2.64. The molecule has 0 saturated carbocycles. The Morgan fingerprint density at radius 2 is 2.46 bits per heavy atom. The van der Waals surface area contributed by atoms with E-state index < -0.39 is 0 Å². The lowest BCUT2D eigenvalue weighted by Gasteiger charge is -1.95. The van der Waals surface area contributed by atoms with Crippen LogP contribution in [0.3, 0.4) is 0 Å². The van der Waals surface area contributed by atoms with Crippen LogP contribution in [0.2, 0.25) is 0 Å². The summed E-state index contributed by atoms with van der Waals surface area (Å²) in [7, 11) is 0. The van der Waals surface area contributed by atoms with Gasteiger partial charge in [0.15, 0.2) is 0 Å². The van der Waals surface area contributed by atoms with Crippen LogP contribution in [0.25, 0.3) is 10.2 Å². The topological polar surface area (TPSA) is 68.0 Å². The van der Waals surface area contributed by atoms with Crippen LogP contribution in [0.4, 0.5) is 11.4 Å². The van der Waals surface area contributed by atoms with Crippen molar-refractivity contribution >= 4 is 39.3 Å². The molecule has 1 amide bonds. The van der Waals surface area contributed by atoms with Crippen molar-refractivity contribution in [2.45, 2.75) is 0 Å². The van der Waals surface area contributed by atoms with Gasteiger partial charge in [0.2, 0.25) is 6.41 Å². The second kappa shape index (κ2) is 3.02. The van der Waals surface area contributed by atoms with Gasteiger partial charge in [-0.15, -0.1) is 11.3 Å². The maximum atomic E-state index is 10.2. The maximum Gasteiger partial charge on any atom is 0.211 e. The summed E-state index contributed by atoms with van der Waals surface area (Å²) in [6.45, 7) is 0. The minimum atomic E-state index is 0.597. The summed E-state index contributed by atoms with van der Waals surface area (Å²) in [5.41, 5.74) is 6.93. The van der Waals surface area contributed by atoms with E-state index in [1.807, 2.05) is 5.38 Å². The third-order valence-electron chi connectivity index (χ3n) is 1.67. The van der Waals surface area contributed by atoms with Crippen molar-refractivity contribution in [1.29, 1.82) is 0 Å².